The van der Waals surface area contributed by atoms with Gasteiger partial charge in [-0.25, -0.2) is 4.79 Å². The van der Waals surface area contributed by atoms with Gasteiger partial charge in [0.25, 0.3) is 5.75 Å². The van der Waals surface area contributed by atoms with Gasteiger partial charge in [0, 0.05) is 12.5 Å². The monoisotopic (exact) mass is 315 g/mol. The third kappa shape index (κ3) is 4.25. The lowest BCUT2D eigenvalue weighted by Crippen LogP contribution is -2.01. The zero-order valence-corrected chi connectivity index (χ0v) is 14.0. The first-order valence-corrected chi connectivity index (χ1v) is 7.59. The van der Waals surface area contributed by atoms with Gasteiger partial charge in [0.2, 0.25) is 0 Å². The number of hydrogen-bond donors (Lipinski definition) is 0. The fourth-order valence-corrected chi connectivity index (χ4v) is 2.18. The quantitative estimate of drug-likeness (QED) is 0.474. The lowest BCUT2D eigenvalue weighted by atomic mass is 10.0. The Hall–Kier alpha value is -2.49. The molecule has 0 saturated carbocycles. The highest BCUT2D eigenvalue weighted by atomic mass is 16.5. The first kappa shape index (κ1) is 16.9. The van der Waals surface area contributed by atoms with Crippen molar-refractivity contribution in [2.75, 3.05) is 6.61 Å². The Morgan fingerprint density at radius 3 is 2.52 bits per heavy atom. The first-order chi connectivity index (χ1) is 10.9. The third-order valence-electron chi connectivity index (χ3n) is 3.42. The van der Waals surface area contributed by atoms with E-state index in [0.29, 0.717) is 35.7 Å². The Morgan fingerprint density at radius 1 is 1.17 bits per heavy atom. The highest BCUT2D eigenvalue weighted by Gasteiger charge is 2.17. The molecule has 0 amide bonds. The van der Waals surface area contributed by atoms with Crippen molar-refractivity contribution in [1.82, 2.24) is 0 Å². The van der Waals surface area contributed by atoms with Crippen LogP contribution in [0.25, 0.3) is 11.0 Å². The predicted molar refractivity (Wildman–Crippen MR) is 93.6 cm³/mol. The van der Waals surface area contributed by atoms with E-state index in [1.165, 1.54) is 6.07 Å². The summed E-state index contributed by atoms with van der Waals surface area (Å²) < 4.78 is 11.1. The summed E-state index contributed by atoms with van der Waals surface area (Å²) >= 11 is 0. The van der Waals surface area contributed by atoms with Crippen LogP contribution in [0.1, 0.15) is 33.3 Å². The van der Waals surface area contributed by atoms with Crippen LogP contribution in [0, 0.1) is 0 Å². The normalized spacial score (nSPS) is 10.4. The maximum Gasteiger partial charge on any atom is 0.336 e. The maximum atomic E-state index is 11.6. The maximum absolute atomic E-state index is 11.6. The third-order valence-corrected chi connectivity index (χ3v) is 3.42. The number of allylic oxidation sites excluding steroid dienone is 3. The predicted octanol–water partition coefficient (Wildman–Crippen LogP) is 4.08. The fraction of sp³-hybridized carbons (Fsp3) is 0.316. The Morgan fingerprint density at radius 2 is 1.87 bits per heavy atom. The minimum Gasteiger partial charge on any atom is -0.593 e. The molecule has 1 heterocycles. The molecule has 23 heavy (non-hydrogen) atoms. The minimum absolute atomic E-state index is 0.316. The van der Waals surface area contributed by atoms with Crippen molar-refractivity contribution in [2.24, 2.45) is 0 Å². The van der Waals surface area contributed by atoms with Crippen LogP contribution in [0.4, 0.5) is 0 Å². The zero-order chi connectivity index (χ0) is 17.0. The van der Waals surface area contributed by atoms with Crippen LogP contribution in [0.15, 0.2) is 50.7 Å². The van der Waals surface area contributed by atoms with E-state index in [0.717, 1.165) is 16.5 Å². The van der Waals surface area contributed by atoms with Crippen molar-refractivity contribution in [2.45, 2.75) is 34.1 Å². The number of hydrogen-bond acceptors (Lipinski definition) is 3. The van der Waals surface area contributed by atoms with Crippen molar-refractivity contribution in [1.29, 1.82) is 0 Å². The second-order valence-electron chi connectivity index (χ2n) is 5.98. The van der Waals surface area contributed by atoms with E-state index in [4.69, 9.17) is 14.3 Å². The van der Waals surface area contributed by atoms with Gasteiger partial charge in [-0.2, -0.15) is 0 Å². The molecule has 1 aromatic heterocycles. The Balaban J connectivity index is 2.55. The van der Waals surface area contributed by atoms with Crippen LogP contribution in [0.3, 0.4) is 0 Å². The van der Waals surface area contributed by atoms with Gasteiger partial charge in [-0.15, -0.1) is 0 Å². The molecule has 0 saturated heterocycles. The second-order valence-corrected chi connectivity index (χ2v) is 5.98. The van der Waals surface area contributed by atoms with E-state index in [-0.39, 0.29) is 0 Å². The molecule has 0 aliphatic rings. The number of rotatable bonds is 5. The minimum atomic E-state index is -0.420. The van der Waals surface area contributed by atoms with Gasteiger partial charge < -0.3 is 14.3 Å². The molecule has 0 aliphatic heterocycles. The molecule has 122 valence electrons. The summed E-state index contributed by atoms with van der Waals surface area (Å²) in [5, 5.41) is 8.96. The summed E-state index contributed by atoms with van der Waals surface area (Å²) in [6, 6.07) is 4.77. The summed E-state index contributed by atoms with van der Waals surface area (Å²) in [5.41, 5.74) is 3.03. The van der Waals surface area contributed by atoms with E-state index in [9.17, 15) is 4.79 Å². The summed E-state index contributed by atoms with van der Waals surface area (Å²) in [4.78, 5) is 11.6. The van der Waals surface area contributed by atoms with Crippen LogP contribution in [0.5, 0.6) is 11.5 Å². The van der Waals surface area contributed by atoms with E-state index < -0.39 is 5.63 Å². The molecule has 0 bridgehead atoms. The summed E-state index contributed by atoms with van der Waals surface area (Å²) in [6.07, 6.45) is 4.54. The highest BCUT2D eigenvalue weighted by molar-refractivity contribution is 5.88. The summed E-state index contributed by atoms with van der Waals surface area (Å²) in [5.74, 6) is 0.878. The van der Waals surface area contributed by atoms with Gasteiger partial charge in [0.15, 0.2) is 5.58 Å². The van der Waals surface area contributed by atoms with Crippen LogP contribution >= 0.6 is 0 Å². The molecule has 0 fully saturated rings. The van der Waals surface area contributed by atoms with Gasteiger partial charge in [-0.05, 0) is 39.8 Å². The largest absolute Gasteiger partial charge is 0.593 e. The standard InChI is InChI=1S/C19H22O4/c1-12(2)5-6-14-16(20)11-17(22-10-9-13(3)4)15-7-8-18(21)23-19(14)15/h5,7-9,11,20H,6,10H2,1-4H3/p+1. The van der Waals surface area contributed by atoms with E-state index in [2.05, 4.69) is 0 Å². The average Bonchev–Trinajstić information content (AvgIpc) is 2.45. The van der Waals surface area contributed by atoms with Crippen LogP contribution in [0.2, 0.25) is 0 Å². The molecule has 0 spiro atoms. The van der Waals surface area contributed by atoms with Crippen molar-refractivity contribution in [3.8, 4) is 11.5 Å². The zero-order valence-electron chi connectivity index (χ0n) is 14.0. The van der Waals surface area contributed by atoms with Crippen molar-refractivity contribution in [3.63, 3.8) is 0 Å². The fourth-order valence-electron chi connectivity index (χ4n) is 2.18. The van der Waals surface area contributed by atoms with Gasteiger partial charge in [0.1, 0.15) is 12.4 Å². The van der Waals surface area contributed by atoms with Crippen molar-refractivity contribution >= 4 is 11.0 Å². The first-order valence-electron chi connectivity index (χ1n) is 7.59. The molecule has 4 nitrogen and oxygen atoms in total. The number of benzene rings is 1. The van der Waals surface area contributed by atoms with Crippen molar-refractivity contribution in [3.05, 3.63) is 57.5 Å². The molecule has 2 N–H and O–H groups in total. The van der Waals surface area contributed by atoms with Gasteiger partial charge in [0.05, 0.1) is 17.0 Å². The van der Waals surface area contributed by atoms with E-state index in [1.807, 2.05) is 39.8 Å². The molecule has 1 aromatic carbocycles. The Labute approximate surface area is 135 Å². The molecule has 0 unspecified atom stereocenters. The SMILES string of the molecule is CC(C)=CCOc1cc([OH2+])c(CC=C(C)C)c2oc(=O)ccc12. The Bertz CT molecular complexity index is 817. The number of fused-ring (bicyclic) bond motifs is 1. The molecule has 0 aliphatic carbocycles. The van der Waals surface area contributed by atoms with Crippen LogP contribution in [-0.2, 0) is 6.42 Å². The molecular formula is C19H23O4+. The van der Waals surface area contributed by atoms with Crippen LogP contribution < -0.4 is 10.4 Å². The number of ether oxygens (including phenoxy) is 1. The summed E-state index contributed by atoms with van der Waals surface area (Å²) in [6.45, 7) is 8.42. The molecular weight excluding hydrogens is 292 g/mol. The average molecular weight is 315 g/mol. The van der Waals surface area contributed by atoms with E-state index >= 15 is 0 Å². The van der Waals surface area contributed by atoms with Gasteiger partial charge in [-0.1, -0.05) is 17.2 Å². The molecule has 0 atom stereocenters. The molecule has 0 radical (unpaired) electrons. The topological polar surface area (TPSA) is 62.3 Å². The molecule has 4 heteroatoms. The molecule has 2 rings (SSSR count). The highest BCUT2D eigenvalue weighted by Crippen LogP contribution is 2.35. The Kier molecular flexibility index (Phi) is 5.27. The second kappa shape index (κ2) is 7.18. The van der Waals surface area contributed by atoms with E-state index in [1.54, 1.807) is 12.1 Å². The van der Waals surface area contributed by atoms with Crippen molar-refractivity contribution < 1.29 is 14.3 Å². The molecule has 2 aromatic rings. The van der Waals surface area contributed by atoms with Gasteiger partial charge in [-0.3, -0.25) is 0 Å². The van der Waals surface area contributed by atoms with Gasteiger partial charge >= 0.3 is 5.63 Å². The lowest BCUT2D eigenvalue weighted by molar-refractivity contribution is 0.362. The van der Waals surface area contributed by atoms with Crippen LogP contribution in [-0.4, -0.2) is 11.7 Å². The smallest absolute Gasteiger partial charge is 0.336 e. The summed E-state index contributed by atoms with van der Waals surface area (Å²) in [7, 11) is 0. The lowest BCUT2D eigenvalue weighted by Gasteiger charge is -2.10.